The highest BCUT2D eigenvalue weighted by atomic mass is 79.9. The molecule has 122 valence electrons. The number of anilines is 1. The van der Waals surface area contributed by atoms with E-state index >= 15 is 0 Å². The summed E-state index contributed by atoms with van der Waals surface area (Å²) in [6, 6.07) is 16.7. The van der Waals surface area contributed by atoms with Crippen molar-refractivity contribution >= 4 is 33.3 Å². The van der Waals surface area contributed by atoms with E-state index in [1.165, 1.54) is 12.1 Å². The fourth-order valence-electron chi connectivity index (χ4n) is 2.95. The number of benzene rings is 3. The molecule has 0 radical (unpaired) electrons. The van der Waals surface area contributed by atoms with E-state index in [9.17, 15) is 14.0 Å². The van der Waals surface area contributed by atoms with Crippen LogP contribution in [0.15, 0.2) is 65.1 Å². The average Bonchev–Trinajstić information content (AvgIpc) is 2.90. The van der Waals surface area contributed by atoms with Gasteiger partial charge >= 0.3 is 0 Å². The molecule has 0 fully saturated rings. The smallest absolute Gasteiger partial charge is 0.255 e. The second kappa shape index (κ2) is 5.93. The van der Waals surface area contributed by atoms with Crippen LogP contribution in [-0.2, 0) is 0 Å². The van der Waals surface area contributed by atoms with Crippen molar-refractivity contribution in [3.8, 4) is 11.1 Å². The molecule has 0 atom stereocenters. The maximum atomic E-state index is 13.9. The van der Waals surface area contributed by atoms with Gasteiger partial charge in [0.1, 0.15) is 5.82 Å². The number of amides is 1. The highest BCUT2D eigenvalue weighted by Gasteiger charge is 2.27. The van der Waals surface area contributed by atoms with Crippen molar-refractivity contribution in [3.05, 3.63) is 87.6 Å². The van der Waals surface area contributed by atoms with Crippen molar-refractivity contribution in [1.29, 1.82) is 0 Å². The zero-order valence-corrected chi connectivity index (χ0v) is 14.4. The summed E-state index contributed by atoms with van der Waals surface area (Å²) < 4.78 is 14.5. The molecule has 0 bridgehead atoms. The Morgan fingerprint density at radius 2 is 1.60 bits per heavy atom. The van der Waals surface area contributed by atoms with Crippen LogP contribution in [0.4, 0.5) is 10.1 Å². The summed E-state index contributed by atoms with van der Waals surface area (Å²) >= 11 is 3.17. The van der Waals surface area contributed by atoms with Crippen molar-refractivity contribution in [2.45, 2.75) is 0 Å². The third kappa shape index (κ3) is 2.66. The van der Waals surface area contributed by atoms with E-state index in [4.69, 9.17) is 0 Å². The Balaban J connectivity index is 1.67. The van der Waals surface area contributed by atoms with Crippen molar-refractivity contribution in [2.75, 3.05) is 5.32 Å². The quantitative estimate of drug-likeness (QED) is 0.515. The van der Waals surface area contributed by atoms with E-state index in [2.05, 4.69) is 21.2 Å². The first kappa shape index (κ1) is 15.7. The van der Waals surface area contributed by atoms with Crippen LogP contribution in [-0.4, -0.2) is 11.7 Å². The third-order valence-electron chi connectivity index (χ3n) is 4.17. The van der Waals surface area contributed by atoms with Gasteiger partial charge in [-0.25, -0.2) is 4.39 Å². The first-order valence-electron chi connectivity index (χ1n) is 7.59. The summed E-state index contributed by atoms with van der Waals surface area (Å²) in [5.41, 5.74) is 3.20. The molecule has 0 aliphatic heterocycles. The predicted octanol–water partition coefficient (Wildman–Crippen LogP) is 5.05. The van der Waals surface area contributed by atoms with E-state index in [0.29, 0.717) is 21.2 Å². The van der Waals surface area contributed by atoms with Crippen molar-refractivity contribution in [2.24, 2.45) is 0 Å². The van der Waals surface area contributed by atoms with Crippen molar-refractivity contribution in [3.63, 3.8) is 0 Å². The minimum absolute atomic E-state index is 0.0864. The number of carbonyl (C=O) groups is 2. The van der Waals surface area contributed by atoms with Gasteiger partial charge in [0.2, 0.25) is 0 Å². The molecule has 0 unspecified atom stereocenters. The molecule has 1 aliphatic carbocycles. The van der Waals surface area contributed by atoms with Gasteiger partial charge < -0.3 is 5.32 Å². The first-order chi connectivity index (χ1) is 12.0. The Morgan fingerprint density at radius 1 is 0.880 bits per heavy atom. The molecule has 0 heterocycles. The SMILES string of the molecule is O=C(Nc1ccc(Br)cc1F)c1ccc2c(c1)C(=O)c1ccccc1-2. The summed E-state index contributed by atoms with van der Waals surface area (Å²) in [7, 11) is 0. The van der Waals surface area contributed by atoms with Crippen LogP contribution in [0.25, 0.3) is 11.1 Å². The monoisotopic (exact) mass is 395 g/mol. The summed E-state index contributed by atoms with van der Waals surface area (Å²) in [6.07, 6.45) is 0. The fourth-order valence-corrected chi connectivity index (χ4v) is 3.29. The van der Waals surface area contributed by atoms with E-state index in [1.807, 2.05) is 18.2 Å². The number of rotatable bonds is 2. The molecule has 4 rings (SSSR count). The first-order valence-corrected chi connectivity index (χ1v) is 8.38. The zero-order chi connectivity index (χ0) is 17.6. The highest BCUT2D eigenvalue weighted by molar-refractivity contribution is 9.10. The summed E-state index contributed by atoms with van der Waals surface area (Å²) in [5.74, 6) is -1.10. The van der Waals surface area contributed by atoms with Gasteiger partial charge in [-0.1, -0.05) is 46.3 Å². The summed E-state index contributed by atoms with van der Waals surface area (Å²) in [4.78, 5) is 24.9. The minimum Gasteiger partial charge on any atom is -0.319 e. The molecular weight excluding hydrogens is 385 g/mol. The largest absolute Gasteiger partial charge is 0.319 e. The average molecular weight is 396 g/mol. The molecule has 1 N–H and O–H groups in total. The topological polar surface area (TPSA) is 46.2 Å². The Kier molecular flexibility index (Phi) is 3.73. The van der Waals surface area contributed by atoms with Gasteiger partial charge in [-0.2, -0.15) is 0 Å². The lowest BCUT2D eigenvalue weighted by atomic mass is 10.0. The van der Waals surface area contributed by atoms with Gasteiger partial charge in [0.05, 0.1) is 5.69 Å². The summed E-state index contributed by atoms with van der Waals surface area (Å²) in [6.45, 7) is 0. The van der Waals surface area contributed by atoms with Crippen molar-refractivity contribution < 1.29 is 14.0 Å². The normalized spacial score (nSPS) is 11.8. The number of halogens is 2. The Bertz CT molecular complexity index is 1050. The zero-order valence-electron chi connectivity index (χ0n) is 12.8. The molecular formula is C20H11BrFNO2. The molecule has 25 heavy (non-hydrogen) atoms. The minimum atomic E-state index is -0.535. The van der Waals surface area contributed by atoms with E-state index < -0.39 is 11.7 Å². The van der Waals surface area contributed by atoms with Gasteiger partial charge in [0.15, 0.2) is 5.78 Å². The lowest BCUT2D eigenvalue weighted by Crippen LogP contribution is -2.13. The molecule has 3 aromatic rings. The second-order valence-electron chi connectivity index (χ2n) is 5.71. The second-order valence-corrected chi connectivity index (χ2v) is 6.63. The number of hydrogen-bond acceptors (Lipinski definition) is 2. The number of nitrogens with one attached hydrogen (secondary N) is 1. The number of ketones is 1. The third-order valence-corrected chi connectivity index (χ3v) is 4.66. The van der Waals surface area contributed by atoms with Crippen LogP contribution < -0.4 is 5.32 Å². The Hall–Kier alpha value is -2.79. The van der Waals surface area contributed by atoms with Crippen molar-refractivity contribution in [1.82, 2.24) is 0 Å². The maximum Gasteiger partial charge on any atom is 0.255 e. The van der Waals surface area contributed by atoms with Gasteiger partial charge in [0.25, 0.3) is 5.91 Å². The predicted molar refractivity (Wildman–Crippen MR) is 97.4 cm³/mol. The van der Waals surface area contributed by atoms with E-state index in [-0.39, 0.29) is 11.5 Å². The van der Waals surface area contributed by atoms with E-state index in [0.717, 1.165) is 11.1 Å². The van der Waals surface area contributed by atoms with Crippen LogP contribution in [0.3, 0.4) is 0 Å². The molecule has 5 heteroatoms. The van der Waals surface area contributed by atoms with Gasteiger partial charge in [0, 0.05) is 21.2 Å². The molecule has 3 nitrogen and oxygen atoms in total. The fraction of sp³-hybridized carbons (Fsp3) is 0. The van der Waals surface area contributed by atoms with Crippen LogP contribution in [0.1, 0.15) is 26.3 Å². The molecule has 3 aromatic carbocycles. The maximum absolute atomic E-state index is 13.9. The summed E-state index contributed by atoms with van der Waals surface area (Å²) in [5, 5.41) is 2.53. The molecule has 1 amide bonds. The standard InChI is InChI=1S/C20H11BrFNO2/c21-12-6-8-18(17(22)10-12)23-20(25)11-5-7-14-13-3-1-2-4-15(13)19(24)16(14)9-11/h1-10H,(H,23,25). The van der Waals surface area contributed by atoms with Crippen LogP contribution >= 0.6 is 15.9 Å². The van der Waals surface area contributed by atoms with Gasteiger partial charge in [-0.3, -0.25) is 9.59 Å². The number of hydrogen-bond donors (Lipinski definition) is 1. The molecule has 0 saturated carbocycles. The lowest BCUT2D eigenvalue weighted by Gasteiger charge is -2.08. The number of carbonyl (C=O) groups excluding carboxylic acids is 2. The molecule has 0 spiro atoms. The van der Waals surface area contributed by atoms with E-state index in [1.54, 1.807) is 30.3 Å². The molecule has 0 aromatic heterocycles. The van der Waals surface area contributed by atoms with Gasteiger partial charge in [-0.15, -0.1) is 0 Å². The molecule has 1 aliphatic rings. The van der Waals surface area contributed by atoms with Gasteiger partial charge in [-0.05, 0) is 41.5 Å². The van der Waals surface area contributed by atoms with Crippen LogP contribution in [0, 0.1) is 5.82 Å². The van der Waals surface area contributed by atoms with Crippen LogP contribution in [0.5, 0.6) is 0 Å². The Labute approximate surface area is 151 Å². The molecule has 0 saturated heterocycles. The lowest BCUT2D eigenvalue weighted by molar-refractivity contribution is 0.102. The van der Waals surface area contributed by atoms with Crippen LogP contribution in [0.2, 0.25) is 0 Å². The number of fused-ring (bicyclic) bond motifs is 3. The Morgan fingerprint density at radius 3 is 2.36 bits per heavy atom. The highest BCUT2D eigenvalue weighted by Crippen LogP contribution is 2.36.